The van der Waals surface area contributed by atoms with Crippen LogP contribution in [-0.4, -0.2) is 18.0 Å². The summed E-state index contributed by atoms with van der Waals surface area (Å²) in [6, 6.07) is 2.09. The lowest BCUT2D eigenvalue weighted by molar-refractivity contribution is -0.123. The lowest BCUT2D eigenvalue weighted by Crippen LogP contribution is -2.44. The van der Waals surface area contributed by atoms with Crippen molar-refractivity contribution in [3.8, 4) is 0 Å². The fraction of sp³-hybridized carbons (Fsp3) is 0.583. The van der Waals surface area contributed by atoms with E-state index in [-0.39, 0.29) is 18.0 Å². The molecule has 5 heteroatoms. The van der Waals surface area contributed by atoms with E-state index in [4.69, 9.17) is 0 Å². The first-order chi connectivity index (χ1) is 8.04. The normalized spacial score (nSPS) is 14.4. The average Bonchev–Trinajstić information content (AvgIpc) is 2.71. The Hall–Kier alpha value is -0.390. The number of halogens is 1. The summed E-state index contributed by atoms with van der Waals surface area (Å²) in [6.45, 7) is 6.68. The standard InChI is InChI=1S/C12H19BrN2OS/c1-4-8(2)15-12(16)9(3)14-7-11-10(13)5-6-17-11/h5-6,8-9,14H,4,7H2,1-3H3,(H,15,16). The van der Waals surface area contributed by atoms with Crippen LogP contribution in [0.2, 0.25) is 0 Å². The van der Waals surface area contributed by atoms with E-state index in [1.165, 1.54) is 4.88 Å². The van der Waals surface area contributed by atoms with Crippen LogP contribution in [0.3, 0.4) is 0 Å². The molecule has 2 unspecified atom stereocenters. The zero-order chi connectivity index (χ0) is 12.8. The maximum Gasteiger partial charge on any atom is 0.237 e. The van der Waals surface area contributed by atoms with Crippen molar-refractivity contribution in [2.24, 2.45) is 0 Å². The van der Waals surface area contributed by atoms with Crippen LogP contribution in [0.5, 0.6) is 0 Å². The van der Waals surface area contributed by atoms with Crippen LogP contribution in [0.15, 0.2) is 15.9 Å². The molecule has 3 nitrogen and oxygen atoms in total. The summed E-state index contributed by atoms with van der Waals surface area (Å²) in [5.74, 6) is 0.0621. The molecule has 0 bridgehead atoms. The van der Waals surface area contributed by atoms with Gasteiger partial charge in [0.15, 0.2) is 0 Å². The number of rotatable bonds is 6. The predicted octanol–water partition coefficient (Wildman–Crippen LogP) is 2.90. The van der Waals surface area contributed by atoms with Gasteiger partial charge in [-0.1, -0.05) is 6.92 Å². The van der Waals surface area contributed by atoms with Crippen molar-refractivity contribution in [2.75, 3.05) is 0 Å². The van der Waals surface area contributed by atoms with Gasteiger partial charge in [0.1, 0.15) is 0 Å². The van der Waals surface area contributed by atoms with Gasteiger partial charge in [-0.05, 0) is 47.6 Å². The van der Waals surface area contributed by atoms with E-state index in [2.05, 4.69) is 33.5 Å². The Morgan fingerprint density at radius 1 is 1.53 bits per heavy atom. The van der Waals surface area contributed by atoms with Crippen molar-refractivity contribution in [2.45, 2.75) is 45.8 Å². The molecule has 0 fully saturated rings. The van der Waals surface area contributed by atoms with Gasteiger partial charge >= 0.3 is 0 Å². The quantitative estimate of drug-likeness (QED) is 0.846. The third kappa shape index (κ3) is 4.77. The van der Waals surface area contributed by atoms with Crippen LogP contribution in [-0.2, 0) is 11.3 Å². The van der Waals surface area contributed by atoms with E-state index in [9.17, 15) is 4.79 Å². The van der Waals surface area contributed by atoms with E-state index in [0.29, 0.717) is 6.54 Å². The Kier molecular flexibility index (Phi) is 6.16. The summed E-state index contributed by atoms with van der Waals surface area (Å²) in [6.07, 6.45) is 0.953. The number of thiophene rings is 1. The van der Waals surface area contributed by atoms with E-state index >= 15 is 0 Å². The Labute approximate surface area is 115 Å². The van der Waals surface area contributed by atoms with Gasteiger partial charge in [-0.15, -0.1) is 11.3 Å². The summed E-state index contributed by atoms with van der Waals surface area (Å²) in [4.78, 5) is 13.0. The molecule has 1 aromatic rings. The molecule has 0 spiro atoms. The largest absolute Gasteiger partial charge is 0.352 e. The van der Waals surface area contributed by atoms with Crippen LogP contribution >= 0.6 is 27.3 Å². The molecule has 1 rings (SSSR count). The minimum atomic E-state index is -0.169. The molecule has 17 heavy (non-hydrogen) atoms. The summed E-state index contributed by atoms with van der Waals surface area (Å²) in [7, 11) is 0. The van der Waals surface area contributed by atoms with Gasteiger partial charge in [0.05, 0.1) is 6.04 Å². The van der Waals surface area contributed by atoms with E-state index in [1.807, 2.05) is 25.3 Å². The van der Waals surface area contributed by atoms with Crippen LogP contribution in [0.4, 0.5) is 0 Å². The fourth-order valence-electron chi connectivity index (χ4n) is 1.26. The molecule has 96 valence electrons. The molecule has 1 amide bonds. The SMILES string of the molecule is CCC(C)NC(=O)C(C)NCc1sccc1Br. The van der Waals surface area contributed by atoms with E-state index < -0.39 is 0 Å². The topological polar surface area (TPSA) is 41.1 Å². The molecule has 0 saturated heterocycles. The van der Waals surface area contributed by atoms with Crippen molar-refractivity contribution < 1.29 is 4.79 Å². The molecular weight excluding hydrogens is 300 g/mol. The molecule has 1 aromatic heterocycles. The minimum absolute atomic E-state index is 0.0621. The number of carbonyl (C=O) groups excluding carboxylic acids is 1. The number of hydrogen-bond acceptors (Lipinski definition) is 3. The fourth-order valence-corrected chi connectivity index (χ4v) is 2.70. The van der Waals surface area contributed by atoms with Gasteiger partial charge in [0, 0.05) is 21.9 Å². The van der Waals surface area contributed by atoms with Gasteiger partial charge < -0.3 is 10.6 Å². The van der Waals surface area contributed by atoms with Gasteiger partial charge in [-0.25, -0.2) is 0 Å². The van der Waals surface area contributed by atoms with Crippen LogP contribution < -0.4 is 10.6 Å². The van der Waals surface area contributed by atoms with Crippen LogP contribution in [0, 0.1) is 0 Å². The molecule has 0 aliphatic heterocycles. The third-order valence-electron chi connectivity index (χ3n) is 2.65. The number of amides is 1. The van der Waals surface area contributed by atoms with Crippen molar-refractivity contribution in [3.05, 3.63) is 20.8 Å². The smallest absolute Gasteiger partial charge is 0.237 e. The Balaban J connectivity index is 2.36. The first kappa shape index (κ1) is 14.7. The summed E-state index contributed by atoms with van der Waals surface area (Å²) < 4.78 is 1.10. The van der Waals surface area contributed by atoms with Crippen molar-refractivity contribution in [1.82, 2.24) is 10.6 Å². The second-order valence-electron chi connectivity index (χ2n) is 4.11. The highest BCUT2D eigenvalue weighted by Crippen LogP contribution is 2.22. The molecular formula is C12H19BrN2OS. The monoisotopic (exact) mass is 318 g/mol. The molecule has 2 N–H and O–H groups in total. The van der Waals surface area contributed by atoms with Crippen molar-refractivity contribution in [1.29, 1.82) is 0 Å². The first-order valence-electron chi connectivity index (χ1n) is 5.80. The predicted molar refractivity (Wildman–Crippen MR) is 76.2 cm³/mol. The lowest BCUT2D eigenvalue weighted by Gasteiger charge is -2.17. The molecule has 0 aromatic carbocycles. The number of hydrogen-bond donors (Lipinski definition) is 2. The summed E-state index contributed by atoms with van der Waals surface area (Å²) >= 11 is 5.16. The van der Waals surface area contributed by atoms with Crippen LogP contribution in [0.1, 0.15) is 32.1 Å². The number of carbonyl (C=O) groups is 1. The zero-order valence-corrected chi connectivity index (χ0v) is 12.8. The van der Waals surface area contributed by atoms with E-state index in [1.54, 1.807) is 11.3 Å². The van der Waals surface area contributed by atoms with Crippen molar-refractivity contribution >= 4 is 33.2 Å². The lowest BCUT2D eigenvalue weighted by atomic mass is 10.2. The highest BCUT2D eigenvalue weighted by molar-refractivity contribution is 9.10. The molecule has 0 aliphatic rings. The maximum absolute atomic E-state index is 11.8. The Bertz CT molecular complexity index is 367. The maximum atomic E-state index is 11.8. The Morgan fingerprint density at radius 3 is 2.76 bits per heavy atom. The Morgan fingerprint density at radius 2 is 2.24 bits per heavy atom. The summed E-state index contributed by atoms with van der Waals surface area (Å²) in [5, 5.41) is 8.22. The number of nitrogens with one attached hydrogen (secondary N) is 2. The highest BCUT2D eigenvalue weighted by Gasteiger charge is 2.14. The van der Waals surface area contributed by atoms with Gasteiger partial charge in [0.25, 0.3) is 0 Å². The van der Waals surface area contributed by atoms with Crippen molar-refractivity contribution in [3.63, 3.8) is 0 Å². The van der Waals surface area contributed by atoms with E-state index in [0.717, 1.165) is 10.9 Å². The first-order valence-corrected chi connectivity index (χ1v) is 7.47. The third-order valence-corrected chi connectivity index (χ3v) is 4.58. The second-order valence-corrected chi connectivity index (χ2v) is 5.97. The minimum Gasteiger partial charge on any atom is -0.352 e. The summed E-state index contributed by atoms with van der Waals surface area (Å²) in [5.41, 5.74) is 0. The molecule has 2 atom stereocenters. The molecule has 0 radical (unpaired) electrons. The highest BCUT2D eigenvalue weighted by atomic mass is 79.9. The van der Waals surface area contributed by atoms with Gasteiger partial charge in [-0.2, -0.15) is 0 Å². The van der Waals surface area contributed by atoms with Gasteiger partial charge in [0.2, 0.25) is 5.91 Å². The molecule has 0 aliphatic carbocycles. The van der Waals surface area contributed by atoms with Crippen LogP contribution in [0.25, 0.3) is 0 Å². The zero-order valence-electron chi connectivity index (χ0n) is 10.4. The molecule has 1 heterocycles. The average molecular weight is 319 g/mol. The molecule has 0 saturated carbocycles. The second kappa shape index (κ2) is 7.13. The van der Waals surface area contributed by atoms with Gasteiger partial charge in [-0.3, -0.25) is 4.79 Å².